The fourth-order valence-electron chi connectivity index (χ4n) is 1.14. The molecule has 2 N–H and O–H groups in total. The van der Waals surface area contributed by atoms with Crippen molar-refractivity contribution in [3.05, 3.63) is 17.9 Å². The SMILES string of the molecule is Nc1cc(F)c(OC(F)F)cc1OCCC(F)(F)F. The third-order valence-electron chi connectivity index (χ3n) is 1.92. The van der Waals surface area contributed by atoms with Crippen LogP contribution < -0.4 is 15.2 Å². The smallest absolute Gasteiger partial charge is 0.392 e. The molecule has 0 unspecified atom stereocenters. The predicted octanol–water partition coefficient (Wildman–Crippen LogP) is 3.34. The fourth-order valence-corrected chi connectivity index (χ4v) is 1.14. The molecule has 0 fully saturated rings. The lowest BCUT2D eigenvalue weighted by Gasteiger charge is -2.13. The Bertz CT molecular complexity index is 435. The van der Waals surface area contributed by atoms with E-state index in [1.54, 1.807) is 0 Å². The number of anilines is 1. The van der Waals surface area contributed by atoms with Crippen LogP contribution in [0.3, 0.4) is 0 Å². The lowest BCUT2D eigenvalue weighted by molar-refractivity contribution is -0.139. The third-order valence-corrected chi connectivity index (χ3v) is 1.92. The van der Waals surface area contributed by atoms with Crippen molar-refractivity contribution in [2.75, 3.05) is 12.3 Å². The van der Waals surface area contributed by atoms with Crippen LogP contribution in [0.15, 0.2) is 12.1 Å². The maximum atomic E-state index is 13.1. The third kappa shape index (κ3) is 5.14. The van der Waals surface area contributed by atoms with Gasteiger partial charge in [-0.15, -0.1) is 0 Å². The Kier molecular flexibility index (Phi) is 4.73. The molecule has 0 saturated carbocycles. The molecule has 0 spiro atoms. The van der Waals surface area contributed by atoms with Crippen molar-refractivity contribution < 1.29 is 35.8 Å². The van der Waals surface area contributed by atoms with Crippen molar-refractivity contribution in [2.24, 2.45) is 0 Å². The number of hydrogen-bond acceptors (Lipinski definition) is 3. The lowest BCUT2D eigenvalue weighted by atomic mass is 10.2. The maximum Gasteiger partial charge on any atom is 0.392 e. The zero-order valence-electron chi connectivity index (χ0n) is 9.31. The molecular formula is C10H9F6NO2. The zero-order chi connectivity index (χ0) is 14.6. The number of nitrogen functional groups attached to an aromatic ring is 1. The zero-order valence-corrected chi connectivity index (χ0v) is 9.31. The highest BCUT2D eigenvalue weighted by atomic mass is 19.4. The Morgan fingerprint density at radius 3 is 2.32 bits per heavy atom. The van der Waals surface area contributed by atoms with Gasteiger partial charge in [0.25, 0.3) is 0 Å². The van der Waals surface area contributed by atoms with Crippen LogP contribution in [-0.2, 0) is 0 Å². The van der Waals surface area contributed by atoms with E-state index in [2.05, 4.69) is 9.47 Å². The summed E-state index contributed by atoms with van der Waals surface area (Å²) in [5.41, 5.74) is 4.96. The number of nitrogens with two attached hydrogens (primary N) is 1. The molecule has 0 aliphatic carbocycles. The first-order valence-corrected chi connectivity index (χ1v) is 4.92. The van der Waals surface area contributed by atoms with Crippen molar-refractivity contribution in [1.82, 2.24) is 0 Å². The Hall–Kier alpha value is -1.80. The van der Waals surface area contributed by atoms with Gasteiger partial charge >= 0.3 is 12.8 Å². The van der Waals surface area contributed by atoms with Gasteiger partial charge in [0.1, 0.15) is 5.75 Å². The summed E-state index contributed by atoms with van der Waals surface area (Å²) in [6, 6.07) is 1.30. The van der Waals surface area contributed by atoms with Gasteiger partial charge in [-0.3, -0.25) is 0 Å². The summed E-state index contributed by atoms with van der Waals surface area (Å²) in [5.74, 6) is -2.38. The van der Waals surface area contributed by atoms with E-state index < -0.39 is 37.4 Å². The van der Waals surface area contributed by atoms with Crippen molar-refractivity contribution in [3.8, 4) is 11.5 Å². The first kappa shape index (κ1) is 15.3. The second kappa shape index (κ2) is 5.89. The van der Waals surface area contributed by atoms with Crippen LogP contribution in [0.2, 0.25) is 0 Å². The van der Waals surface area contributed by atoms with Gasteiger partial charge in [0.05, 0.1) is 18.7 Å². The predicted molar refractivity (Wildman–Crippen MR) is 53.6 cm³/mol. The second-order valence-corrected chi connectivity index (χ2v) is 3.41. The molecule has 0 aromatic heterocycles. The molecule has 19 heavy (non-hydrogen) atoms. The number of ether oxygens (including phenoxy) is 2. The summed E-state index contributed by atoms with van der Waals surface area (Å²) in [4.78, 5) is 0. The first-order valence-electron chi connectivity index (χ1n) is 4.92. The normalized spacial score (nSPS) is 11.7. The molecule has 0 aliphatic heterocycles. The van der Waals surface area contributed by atoms with Gasteiger partial charge < -0.3 is 15.2 Å². The van der Waals surface area contributed by atoms with Gasteiger partial charge in [-0.25, -0.2) is 4.39 Å². The molecule has 108 valence electrons. The van der Waals surface area contributed by atoms with E-state index in [-0.39, 0.29) is 11.4 Å². The highest BCUT2D eigenvalue weighted by Gasteiger charge is 2.27. The van der Waals surface area contributed by atoms with E-state index in [0.29, 0.717) is 12.1 Å². The van der Waals surface area contributed by atoms with Crippen LogP contribution >= 0.6 is 0 Å². The Balaban J connectivity index is 2.77. The minimum absolute atomic E-state index is 0.318. The van der Waals surface area contributed by atoms with Crippen LogP contribution in [0.5, 0.6) is 11.5 Å². The van der Waals surface area contributed by atoms with Crippen LogP contribution in [0, 0.1) is 5.82 Å². The summed E-state index contributed by atoms with van der Waals surface area (Å²) in [6.45, 7) is -4.05. The van der Waals surface area contributed by atoms with Crippen molar-refractivity contribution in [3.63, 3.8) is 0 Å². The Morgan fingerprint density at radius 2 is 1.79 bits per heavy atom. The molecule has 0 aliphatic rings. The highest BCUT2D eigenvalue weighted by molar-refractivity contribution is 5.56. The second-order valence-electron chi connectivity index (χ2n) is 3.41. The van der Waals surface area contributed by atoms with Gasteiger partial charge in [0, 0.05) is 12.1 Å². The van der Waals surface area contributed by atoms with Gasteiger partial charge in [-0.05, 0) is 0 Å². The van der Waals surface area contributed by atoms with Crippen LogP contribution in [0.1, 0.15) is 6.42 Å². The number of alkyl halides is 5. The van der Waals surface area contributed by atoms with Crippen molar-refractivity contribution >= 4 is 5.69 Å². The first-order chi connectivity index (χ1) is 8.69. The standard InChI is InChI=1S/C10H9F6NO2/c11-5-3-6(17)8(4-7(5)19-9(12)13)18-2-1-10(14,15)16/h3-4,9H,1-2,17H2. The molecule has 0 amide bonds. The van der Waals surface area contributed by atoms with E-state index in [9.17, 15) is 26.3 Å². The molecule has 1 aromatic carbocycles. The Morgan fingerprint density at radius 1 is 1.16 bits per heavy atom. The molecule has 9 heteroatoms. The van der Waals surface area contributed by atoms with E-state index in [1.165, 1.54) is 0 Å². The topological polar surface area (TPSA) is 44.5 Å². The number of rotatable bonds is 5. The molecule has 0 saturated heterocycles. The summed E-state index contributed by atoms with van der Waals surface area (Å²) >= 11 is 0. The molecule has 0 heterocycles. The minimum Gasteiger partial charge on any atom is -0.491 e. The van der Waals surface area contributed by atoms with Gasteiger partial charge in [-0.2, -0.15) is 22.0 Å². The van der Waals surface area contributed by atoms with Gasteiger partial charge in [-0.1, -0.05) is 0 Å². The van der Waals surface area contributed by atoms with Gasteiger partial charge in [0.2, 0.25) is 0 Å². The molecule has 0 radical (unpaired) electrons. The van der Waals surface area contributed by atoms with Crippen LogP contribution in [0.25, 0.3) is 0 Å². The minimum atomic E-state index is -4.43. The quantitative estimate of drug-likeness (QED) is 0.668. The van der Waals surface area contributed by atoms with E-state index in [1.807, 2.05) is 0 Å². The maximum absolute atomic E-state index is 13.1. The molecular weight excluding hydrogens is 280 g/mol. The van der Waals surface area contributed by atoms with Crippen LogP contribution in [-0.4, -0.2) is 19.4 Å². The lowest BCUT2D eigenvalue weighted by Crippen LogP contribution is -2.13. The molecule has 0 bridgehead atoms. The van der Waals surface area contributed by atoms with Crippen LogP contribution in [0.4, 0.5) is 32.0 Å². The molecule has 0 atom stereocenters. The molecule has 3 nitrogen and oxygen atoms in total. The number of benzene rings is 1. The average molecular weight is 289 g/mol. The molecule has 1 aromatic rings. The molecule has 1 rings (SSSR count). The summed E-state index contributed by atoms with van der Waals surface area (Å²) in [6.07, 6.45) is -5.69. The van der Waals surface area contributed by atoms with E-state index >= 15 is 0 Å². The summed E-state index contributed by atoms with van der Waals surface area (Å²) in [7, 11) is 0. The average Bonchev–Trinajstić information content (AvgIpc) is 2.22. The number of hydrogen-bond donors (Lipinski definition) is 1. The summed E-state index contributed by atoms with van der Waals surface area (Å²) < 4.78 is 81.1. The summed E-state index contributed by atoms with van der Waals surface area (Å²) in [5, 5.41) is 0. The van der Waals surface area contributed by atoms with E-state index in [4.69, 9.17) is 5.73 Å². The number of halogens is 6. The fraction of sp³-hybridized carbons (Fsp3) is 0.400. The largest absolute Gasteiger partial charge is 0.491 e. The van der Waals surface area contributed by atoms with Crippen molar-refractivity contribution in [2.45, 2.75) is 19.2 Å². The Labute approximate surface area is 103 Å². The highest BCUT2D eigenvalue weighted by Crippen LogP contribution is 2.31. The van der Waals surface area contributed by atoms with Gasteiger partial charge in [0.15, 0.2) is 11.6 Å². The van der Waals surface area contributed by atoms with E-state index in [0.717, 1.165) is 0 Å². The monoisotopic (exact) mass is 289 g/mol. The van der Waals surface area contributed by atoms with Crippen molar-refractivity contribution in [1.29, 1.82) is 0 Å².